The molecule has 43 heavy (non-hydrogen) atoms. The molecule has 2 aromatic heterocycles. The van der Waals surface area contributed by atoms with Crippen molar-refractivity contribution in [1.29, 1.82) is 5.26 Å². The largest absolute Gasteiger partial charge is 0.336 e. The highest BCUT2D eigenvalue weighted by Crippen LogP contribution is 2.51. The van der Waals surface area contributed by atoms with Gasteiger partial charge in [-0.15, -0.1) is 0 Å². The minimum absolute atomic E-state index is 0.0382. The summed E-state index contributed by atoms with van der Waals surface area (Å²) in [6.07, 6.45) is 3.97. The SMILES string of the molecule is N#CC1(NC(=O)C2CC(S(=O)(=O)c3ccc(-c4ccnc(Cl)c4)cc3Cl)CN2C(=O)C2(c3ncc(Cl)cc3F)CC2)CC1. The lowest BCUT2D eigenvalue weighted by Gasteiger charge is -2.28. The van der Waals surface area contributed by atoms with E-state index in [-0.39, 0.29) is 51.6 Å². The molecular formula is C29H23Cl3FN5O4S. The number of nitriles is 1. The zero-order valence-corrected chi connectivity index (χ0v) is 25.4. The number of rotatable bonds is 7. The Morgan fingerprint density at radius 3 is 2.37 bits per heavy atom. The lowest BCUT2D eigenvalue weighted by Crippen LogP contribution is -2.52. The van der Waals surface area contributed by atoms with Crippen LogP contribution >= 0.6 is 34.8 Å². The van der Waals surface area contributed by atoms with Crippen molar-refractivity contribution < 1.29 is 22.4 Å². The molecule has 2 unspecified atom stereocenters. The van der Waals surface area contributed by atoms with Crippen LogP contribution in [0.15, 0.2) is 53.7 Å². The fourth-order valence-corrected chi connectivity index (χ4v) is 8.16. The maximum Gasteiger partial charge on any atom is 0.244 e. The van der Waals surface area contributed by atoms with E-state index < -0.39 is 49.7 Å². The zero-order chi connectivity index (χ0) is 30.7. The van der Waals surface area contributed by atoms with Crippen LogP contribution in [0.1, 0.15) is 37.8 Å². The third kappa shape index (κ3) is 5.35. The average Bonchev–Trinajstić information content (AvgIpc) is 3.89. The number of aromatic nitrogens is 2. The summed E-state index contributed by atoms with van der Waals surface area (Å²) in [5, 5.41) is 11.3. The highest BCUT2D eigenvalue weighted by Gasteiger charge is 2.60. The van der Waals surface area contributed by atoms with Crippen LogP contribution in [0, 0.1) is 17.1 Å². The number of nitrogens with one attached hydrogen (secondary N) is 1. The number of benzene rings is 1. The first kappa shape index (κ1) is 29.8. The van der Waals surface area contributed by atoms with E-state index in [1.54, 1.807) is 18.2 Å². The molecule has 2 saturated carbocycles. The lowest BCUT2D eigenvalue weighted by molar-refractivity contribution is -0.140. The summed E-state index contributed by atoms with van der Waals surface area (Å²) >= 11 is 18.4. The molecule has 1 N–H and O–H groups in total. The molecule has 0 spiro atoms. The molecular weight excluding hydrogens is 640 g/mol. The molecule has 14 heteroatoms. The van der Waals surface area contributed by atoms with Crippen LogP contribution in [-0.4, -0.2) is 58.5 Å². The smallest absolute Gasteiger partial charge is 0.244 e. The fraction of sp³-hybridized carbons (Fsp3) is 0.345. The Kier molecular flexibility index (Phi) is 7.40. The topological polar surface area (TPSA) is 133 Å². The number of pyridine rings is 2. The Labute approximate surface area is 261 Å². The van der Waals surface area contributed by atoms with Gasteiger partial charge < -0.3 is 10.2 Å². The van der Waals surface area contributed by atoms with Gasteiger partial charge in [-0.1, -0.05) is 40.9 Å². The maximum absolute atomic E-state index is 14.9. The highest BCUT2D eigenvalue weighted by atomic mass is 35.5. The molecule has 1 aliphatic heterocycles. The third-order valence-corrected chi connectivity index (χ3v) is 11.3. The summed E-state index contributed by atoms with van der Waals surface area (Å²) in [6.45, 7) is -0.326. The van der Waals surface area contributed by atoms with Gasteiger partial charge >= 0.3 is 0 Å². The Morgan fingerprint density at radius 1 is 1.05 bits per heavy atom. The number of amides is 2. The van der Waals surface area contributed by atoms with Crippen LogP contribution in [-0.2, 0) is 24.8 Å². The van der Waals surface area contributed by atoms with Gasteiger partial charge in [0.25, 0.3) is 0 Å². The van der Waals surface area contributed by atoms with E-state index in [2.05, 4.69) is 21.4 Å². The first-order valence-corrected chi connectivity index (χ1v) is 16.1. The van der Waals surface area contributed by atoms with Crippen molar-refractivity contribution >= 4 is 56.5 Å². The van der Waals surface area contributed by atoms with E-state index >= 15 is 0 Å². The average molecular weight is 663 g/mol. The summed E-state index contributed by atoms with van der Waals surface area (Å²) in [6, 6.07) is 9.72. The van der Waals surface area contributed by atoms with Gasteiger partial charge in [0, 0.05) is 18.9 Å². The molecule has 0 bridgehead atoms. The van der Waals surface area contributed by atoms with Crippen molar-refractivity contribution in [2.75, 3.05) is 6.54 Å². The minimum atomic E-state index is -4.16. The fourth-order valence-electron chi connectivity index (χ4n) is 5.60. The van der Waals surface area contributed by atoms with Crippen LogP contribution in [0.2, 0.25) is 15.2 Å². The normalized spacial score (nSPS) is 21.6. The van der Waals surface area contributed by atoms with E-state index in [0.717, 1.165) is 6.07 Å². The first-order chi connectivity index (χ1) is 20.4. The number of carbonyl (C=O) groups is 2. The summed E-state index contributed by atoms with van der Waals surface area (Å²) in [4.78, 5) is 36.6. The molecule has 2 aliphatic carbocycles. The van der Waals surface area contributed by atoms with Crippen molar-refractivity contribution in [1.82, 2.24) is 20.2 Å². The highest BCUT2D eigenvalue weighted by molar-refractivity contribution is 7.92. The predicted molar refractivity (Wildman–Crippen MR) is 157 cm³/mol. The molecule has 3 heterocycles. The van der Waals surface area contributed by atoms with Gasteiger partial charge in [-0.25, -0.2) is 17.8 Å². The molecule has 2 amide bonds. The van der Waals surface area contributed by atoms with Crippen molar-refractivity contribution in [3.63, 3.8) is 0 Å². The summed E-state index contributed by atoms with van der Waals surface area (Å²) < 4.78 is 42.8. The van der Waals surface area contributed by atoms with Gasteiger partial charge in [0.05, 0.1) is 37.4 Å². The summed E-state index contributed by atoms with van der Waals surface area (Å²) in [7, 11) is -4.16. The Hall–Kier alpha value is -3.30. The molecule has 2 atom stereocenters. The van der Waals surface area contributed by atoms with Gasteiger partial charge in [-0.3, -0.25) is 14.6 Å². The number of hydrogen-bond acceptors (Lipinski definition) is 7. The van der Waals surface area contributed by atoms with E-state index in [0.29, 0.717) is 24.0 Å². The molecule has 3 aromatic rings. The second kappa shape index (κ2) is 10.7. The number of halogens is 4. The Balaban J connectivity index is 1.33. The second-order valence-electron chi connectivity index (χ2n) is 11.1. The van der Waals surface area contributed by atoms with E-state index in [1.165, 1.54) is 29.4 Å². The molecule has 6 rings (SSSR count). The lowest BCUT2D eigenvalue weighted by atomic mass is 9.98. The van der Waals surface area contributed by atoms with E-state index in [1.807, 2.05) is 0 Å². The zero-order valence-electron chi connectivity index (χ0n) is 22.4. The van der Waals surface area contributed by atoms with Crippen LogP contribution in [0.3, 0.4) is 0 Å². The van der Waals surface area contributed by atoms with Gasteiger partial charge in [-0.05, 0) is 73.6 Å². The number of carbonyl (C=O) groups excluding carboxylic acids is 2. The van der Waals surface area contributed by atoms with Crippen LogP contribution < -0.4 is 5.32 Å². The molecule has 3 fully saturated rings. The Morgan fingerprint density at radius 2 is 1.77 bits per heavy atom. The monoisotopic (exact) mass is 661 g/mol. The number of hydrogen-bond donors (Lipinski definition) is 1. The van der Waals surface area contributed by atoms with E-state index in [4.69, 9.17) is 34.8 Å². The number of likely N-dealkylation sites (tertiary alicyclic amines) is 1. The van der Waals surface area contributed by atoms with Crippen LogP contribution in [0.4, 0.5) is 4.39 Å². The summed E-state index contributed by atoms with van der Waals surface area (Å²) in [5.74, 6) is -2.00. The minimum Gasteiger partial charge on any atom is -0.336 e. The molecule has 1 saturated heterocycles. The number of sulfone groups is 1. The van der Waals surface area contributed by atoms with Gasteiger partial charge in [0.2, 0.25) is 11.8 Å². The standard InChI is InChI=1S/C29H23Cl3FN5O4S/c30-18-11-21(33)25(36-13-18)29(6-7-29)27(40)38-14-19(12-22(38)26(39)37-28(15-34)4-5-28)43(41,42)23-2-1-16(9-20(23)31)17-3-8-35-24(32)10-17/h1-3,8-11,13,19,22H,4-7,12,14H2,(H,37,39). The van der Waals surface area contributed by atoms with Gasteiger partial charge in [0.15, 0.2) is 9.84 Å². The molecule has 222 valence electrons. The Bertz CT molecular complexity index is 1820. The van der Waals surface area contributed by atoms with Crippen LogP contribution in [0.25, 0.3) is 11.1 Å². The van der Waals surface area contributed by atoms with Gasteiger partial charge in [0.1, 0.15) is 22.6 Å². The number of nitrogens with zero attached hydrogens (tertiary/aromatic N) is 4. The molecule has 1 aromatic carbocycles. The molecule has 3 aliphatic rings. The van der Waals surface area contributed by atoms with Crippen molar-refractivity contribution in [2.24, 2.45) is 0 Å². The molecule has 0 radical (unpaired) electrons. The quantitative estimate of drug-likeness (QED) is 0.356. The van der Waals surface area contributed by atoms with E-state index in [9.17, 15) is 27.7 Å². The van der Waals surface area contributed by atoms with Crippen molar-refractivity contribution in [3.05, 3.63) is 75.5 Å². The first-order valence-electron chi connectivity index (χ1n) is 13.4. The predicted octanol–water partition coefficient (Wildman–Crippen LogP) is 4.89. The second-order valence-corrected chi connectivity index (χ2v) is 14.6. The van der Waals surface area contributed by atoms with Crippen molar-refractivity contribution in [2.45, 2.75) is 59.2 Å². The van der Waals surface area contributed by atoms with Crippen LogP contribution in [0.5, 0.6) is 0 Å². The van der Waals surface area contributed by atoms with Gasteiger partial charge in [-0.2, -0.15) is 5.26 Å². The summed E-state index contributed by atoms with van der Waals surface area (Å²) in [5.41, 5.74) is -1.18. The molecule has 9 nitrogen and oxygen atoms in total. The third-order valence-electron chi connectivity index (χ3n) is 8.31. The van der Waals surface area contributed by atoms with Crippen molar-refractivity contribution in [3.8, 4) is 17.2 Å². The maximum atomic E-state index is 14.9.